The molecule has 0 saturated carbocycles. The second-order valence-electron chi connectivity index (χ2n) is 6.01. The van der Waals surface area contributed by atoms with Crippen LogP contribution in [0.25, 0.3) is 6.08 Å². The van der Waals surface area contributed by atoms with Crippen LogP contribution in [0.2, 0.25) is 0 Å². The number of benzene rings is 2. The molecule has 0 bridgehead atoms. The maximum Gasteiger partial charge on any atom is 0.285 e. The smallest absolute Gasteiger partial charge is 0.273 e. The summed E-state index contributed by atoms with van der Waals surface area (Å²) in [6.07, 6.45) is 3.96. The molecule has 0 radical (unpaired) electrons. The summed E-state index contributed by atoms with van der Waals surface area (Å²) in [4.78, 5) is 25.3. The lowest BCUT2D eigenvalue weighted by Gasteiger charge is -2.15. The van der Waals surface area contributed by atoms with Gasteiger partial charge in [-0.2, -0.15) is 5.01 Å². The summed E-state index contributed by atoms with van der Waals surface area (Å²) < 4.78 is 0.320. The lowest BCUT2D eigenvalue weighted by Crippen LogP contribution is -2.45. The zero-order valence-electron chi connectivity index (χ0n) is 14.7. The lowest BCUT2D eigenvalue weighted by molar-refractivity contribution is -0.132. The van der Waals surface area contributed by atoms with E-state index in [0.717, 1.165) is 21.7 Å². The highest BCUT2D eigenvalue weighted by atomic mass is 32.2. The normalized spacial score (nSPS) is 16.1. The number of hydrogen-bond acceptors (Lipinski definition) is 4. The molecule has 1 N–H and O–H groups in total. The van der Waals surface area contributed by atoms with Gasteiger partial charge in [-0.15, -0.1) is 0 Å². The molecule has 0 aromatic heterocycles. The van der Waals surface area contributed by atoms with Gasteiger partial charge < -0.3 is 0 Å². The molecule has 1 aliphatic rings. The van der Waals surface area contributed by atoms with Crippen LogP contribution in [-0.2, 0) is 16.0 Å². The number of carbonyl (C=O) groups excluding carboxylic acids is 2. The monoisotopic (exact) mass is 394 g/mol. The van der Waals surface area contributed by atoms with Crippen molar-refractivity contribution in [2.45, 2.75) is 13.3 Å². The van der Waals surface area contributed by atoms with Gasteiger partial charge in [0, 0.05) is 0 Å². The number of allylic oxidation sites excluding steroid dienone is 2. The molecule has 3 rings (SSSR count). The van der Waals surface area contributed by atoms with Gasteiger partial charge in [-0.1, -0.05) is 78.5 Å². The summed E-state index contributed by atoms with van der Waals surface area (Å²) >= 11 is 6.44. The van der Waals surface area contributed by atoms with Crippen LogP contribution in [0.3, 0.4) is 0 Å². The maximum absolute atomic E-state index is 12.6. The third kappa shape index (κ3) is 5.15. The van der Waals surface area contributed by atoms with Crippen LogP contribution in [0, 0.1) is 0 Å². The van der Waals surface area contributed by atoms with Crippen LogP contribution in [-0.4, -0.2) is 21.1 Å². The molecule has 4 nitrogen and oxygen atoms in total. The summed E-state index contributed by atoms with van der Waals surface area (Å²) in [5, 5.41) is 1.15. The Labute approximate surface area is 167 Å². The first-order valence-electron chi connectivity index (χ1n) is 8.37. The maximum atomic E-state index is 12.6. The molecule has 136 valence electrons. The van der Waals surface area contributed by atoms with Gasteiger partial charge in [-0.25, -0.2) is 0 Å². The van der Waals surface area contributed by atoms with Crippen molar-refractivity contribution in [3.05, 3.63) is 88.3 Å². The molecule has 1 fully saturated rings. The SMILES string of the molecule is C/C(C=C1SC(=S)N(NC(=O)Cc2ccccc2)C1=O)=C/c1ccccc1. The van der Waals surface area contributed by atoms with E-state index in [1.807, 2.05) is 73.7 Å². The third-order valence-electron chi connectivity index (χ3n) is 3.79. The van der Waals surface area contributed by atoms with Crippen molar-refractivity contribution < 1.29 is 9.59 Å². The van der Waals surface area contributed by atoms with E-state index < -0.39 is 0 Å². The molecular weight excluding hydrogens is 376 g/mol. The molecule has 0 aliphatic carbocycles. The van der Waals surface area contributed by atoms with E-state index in [2.05, 4.69) is 5.43 Å². The van der Waals surface area contributed by atoms with Crippen LogP contribution >= 0.6 is 24.0 Å². The first-order chi connectivity index (χ1) is 13.0. The van der Waals surface area contributed by atoms with Gasteiger partial charge in [-0.3, -0.25) is 15.0 Å². The number of nitrogens with one attached hydrogen (secondary N) is 1. The average Bonchev–Trinajstić information content (AvgIpc) is 2.90. The largest absolute Gasteiger partial charge is 0.285 e. The molecule has 1 saturated heterocycles. The van der Waals surface area contributed by atoms with Gasteiger partial charge in [-0.05, 0) is 41.9 Å². The minimum absolute atomic E-state index is 0.184. The molecule has 1 heterocycles. The Morgan fingerprint density at radius 2 is 1.74 bits per heavy atom. The van der Waals surface area contributed by atoms with Crippen LogP contribution in [0.15, 0.2) is 77.2 Å². The molecule has 0 atom stereocenters. The van der Waals surface area contributed by atoms with Crippen molar-refractivity contribution in [2.75, 3.05) is 0 Å². The number of carbonyl (C=O) groups is 2. The van der Waals surface area contributed by atoms with E-state index in [1.54, 1.807) is 6.08 Å². The number of hydrogen-bond donors (Lipinski definition) is 1. The van der Waals surface area contributed by atoms with Gasteiger partial charge in [0.25, 0.3) is 5.91 Å². The van der Waals surface area contributed by atoms with Gasteiger partial charge in [0.2, 0.25) is 5.91 Å². The van der Waals surface area contributed by atoms with E-state index in [4.69, 9.17) is 12.2 Å². The van der Waals surface area contributed by atoms with E-state index in [1.165, 1.54) is 11.8 Å². The second kappa shape index (κ2) is 8.79. The molecule has 0 unspecified atom stereocenters. The van der Waals surface area contributed by atoms with Gasteiger partial charge in [0.1, 0.15) is 0 Å². The summed E-state index contributed by atoms with van der Waals surface area (Å²) in [6, 6.07) is 19.2. The highest BCUT2D eigenvalue weighted by molar-refractivity contribution is 8.26. The first kappa shape index (κ1) is 19.1. The summed E-state index contributed by atoms with van der Waals surface area (Å²) in [7, 11) is 0. The Hall–Kier alpha value is -2.70. The minimum atomic E-state index is -0.313. The zero-order chi connectivity index (χ0) is 19.2. The first-order valence-corrected chi connectivity index (χ1v) is 9.60. The van der Waals surface area contributed by atoms with Crippen molar-refractivity contribution >= 4 is 46.2 Å². The number of thioether (sulfide) groups is 1. The minimum Gasteiger partial charge on any atom is -0.273 e. The van der Waals surface area contributed by atoms with Gasteiger partial charge >= 0.3 is 0 Å². The van der Waals surface area contributed by atoms with E-state index >= 15 is 0 Å². The number of thiocarbonyl (C=S) groups is 1. The molecule has 2 aromatic rings. The standard InChI is InChI=1S/C21H18N2O2S2/c1-15(12-16-8-4-2-5-9-16)13-18-20(25)23(21(26)27-18)22-19(24)14-17-10-6-3-7-11-17/h2-13H,14H2,1H3,(H,22,24)/b15-12-,18-13?. The molecule has 0 spiro atoms. The fourth-order valence-corrected chi connectivity index (χ4v) is 3.80. The summed E-state index contributed by atoms with van der Waals surface area (Å²) in [6.45, 7) is 1.92. The lowest BCUT2D eigenvalue weighted by atomic mass is 10.1. The quantitative estimate of drug-likeness (QED) is 0.613. The van der Waals surface area contributed by atoms with Crippen LogP contribution in [0.4, 0.5) is 0 Å². The molecule has 6 heteroatoms. The molecule has 27 heavy (non-hydrogen) atoms. The number of amides is 2. The van der Waals surface area contributed by atoms with Crippen molar-refractivity contribution in [3.63, 3.8) is 0 Å². The number of nitrogens with zero attached hydrogens (tertiary/aromatic N) is 1. The van der Waals surface area contributed by atoms with Gasteiger partial charge in [0.15, 0.2) is 4.32 Å². The van der Waals surface area contributed by atoms with Crippen LogP contribution in [0.5, 0.6) is 0 Å². The average molecular weight is 395 g/mol. The fraction of sp³-hybridized carbons (Fsp3) is 0.0952. The third-order valence-corrected chi connectivity index (χ3v) is 5.09. The van der Waals surface area contributed by atoms with Crippen molar-refractivity contribution in [2.24, 2.45) is 0 Å². The fourth-order valence-electron chi connectivity index (χ4n) is 2.57. The van der Waals surface area contributed by atoms with Crippen molar-refractivity contribution in [3.8, 4) is 0 Å². The summed E-state index contributed by atoms with van der Waals surface area (Å²) in [5.41, 5.74) is 5.46. The zero-order valence-corrected chi connectivity index (χ0v) is 16.3. The Kier molecular flexibility index (Phi) is 6.21. The van der Waals surface area contributed by atoms with Crippen LogP contribution < -0.4 is 5.43 Å². The summed E-state index contributed by atoms with van der Waals surface area (Å²) in [5.74, 6) is -0.595. The Morgan fingerprint density at radius 1 is 1.11 bits per heavy atom. The Morgan fingerprint density at radius 3 is 2.41 bits per heavy atom. The number of hydrazine groups is 1. The molecular formula is C21H18N2O2S2. The van der Waals surface area contributed by atoms with E-state index in [0.29, 0.717) is 9.23 Å². The van der Waals surface area contributed by atoms with Crippen LogP contribution in [0.1, 0.15) is 18.1 Å². The Balaban J connectivity index is 1.67. The van der Waals surface area contributed by atoms with Crippen molar-refractivity contribution in [1.29, 1.82) is 0 Å². The molecule has 2 aromatic carbocycles. The van der Waals surface area contributed by atoms with E-state index in [-0.39, 0.29) is 18.2 Å². The second-order valence-corrected chi connectivity index (χ2v) is 7.69. The topological polar surface area (TPSA) is 49.4 Å². The highest BCUT2D eigenvalue weighted by Gasteiger charge is 2.33. The highest BCUT2D eigenvalue weighted by Crippen LogP contribution is 2.30. The molecule has 1 aliphatic heterocycles. The predicted molar refractivity (Wildman–Crippen MR) is 113 cm³/mol. The Bertz CT molecular complexity index is 922. The molecule has 2 amide bonds. The number of rotatable bonds is 5. The van der Waals surface area contributed by atoms with E-state index in [9.17, 15) is 9.59 Å². The van der Waals surface area contributed by atoms with Gasteiger partial charge in [0.05, 0.1) is 11.3 Å². The van der Waals surface area contributed by atoms with Crippen molar-refractivity contribution in [1.82, 2.24) is 10.4 Å². The predicted octanol–water partition coefficient (Wildman–Crippen LogP) is 4.11.